The first-order valence-electron chi connectivity index (χ1n) is 5.46. The molecule has 0 saturated carbocycles. The van der Waals surface area contributed by atoms with Crippen molar-refractivity contribution in [3.63, 3.8) is 0 Å². The van der Waals surface area contributed by atoms with Gasteiger partial charge in [0.1, 0.15) is 10.6 Å². The predicted octanol–water partition coefficient (Wildman–Crippen LogP) is 0.592. The number of nitrogens with one attached hydrogen (secondary N) is 1. The molecule has 0 unspecified atom stereocenters. The van der Waals surface area contributed by atoms with Crippen LogP contribution in [0.1, 0.15) is 6.42 Å². The van der Waals surface area contributed by atoms with Crippen molar-refractivity contribution >= 4 is 15.7 Å². The van der Waals surface area contributed by atoms with Gasteiger partial charge in [-0.1, -0.05) is 0 Å². The van der Waals surface area contributed by atoms with Crippen molar-refractivity contribution in [3.05, 3.63) is 18.2 Å². The second-order valence-corrected chi connectivity index (χ2v) is 5.46. The number of nitrogens with two attached hydrogens (primary N) is 1. The Morgan fingerprint density at radius 1 is 1.33 bits per heavy atom. The second kappa shape index (κ2) is 6.58. The highest BCUT2D eigenvalue weighted by molar-refractivity contribution is 7.89. The minimum absolute atomic E-state index is 0.0439. The van der Waals surface area contributed by atoms with Crippen LogP contribution >= 0.6 is 0 Å². The molecule has 6 nitrogen and oxygen atoms in total. The summed E-state index contributed by atoms with van der Waals surface area (Å²) in [5, 5.41) is 0. The van der Waals surface area contributed by atoms with E-state index in [1.807, 2.05) is 0 Å². The zero-order chi connectivity index (χ0) is 13.6. The van der Waals surface area contributed by atoms with Gasteiger partial charge < -0.3 is 15.2 Å². The van der Waals surface area contributed by atoms with Gasteiger partial charge in [0.25, 0.3) is 0 Å². The van der Waals surface area contributed by atoms with Gasteiger partial charge in [-0.05, 0) is 25.2 Å². The van der Waals surface area contributed by atoms with Crippen LogP contribution in [0.3, 0.4) is 0 Å². The lowest BCUT2D eigenvalue weighted by atomic mass is 10.3. The van der Waals surface area contributed by atoms with E-state index in [2.05, 4.69) is 4.72 Å². The molecule has 0 aromatic heterocycles. The maximum atomic E-state index is 11.8. The molecule has 0 bridgehead atoms. The smallest absolute Gasteiger partial charge is 0.244 e. The van der Waals surface area contributed by atoms with E-state index in [1.165, 1.54) is 13.1 Å². The summed E-state index contributed by atoms with van der Waals surface area (Å²) in [6.45, 7) is 0.938. The molecule has 0 heterocycles. The van der Waals surface area contributed by atoms with E-state index in [0.717, 1.165) is 0 Å². The van der Waals surface area contributed by atoms with Crippen molar-refractivity contribution in [3.8, 4) is 5.75 Å². The molecule has 0 saturated heterocycles. The first-order chi connectivity index (χ1) is 8.51. The Hall–Kier alpha value is -1.31. The summed E-state index contributed by atoms with van der Waals surface area (Å²) in [5.41, 5.74) is 5.96. The Morgan fingerprint density at radius 2 is 2.06 bits per heavy atom. The monoisotopic (exact) mass is 274 g/mol. The molecule has 0 aliphatic carbocycles. The van der Waals surface area contributed by atoms with E-state index >= 15 is 0 Å². The molecule has 0 aliphatic rings. The van der Waals surface area contributed by atoms with Crippen LogP contribution in [0.15, 0.2) is 23.1 Å². The Balaban J connectivity index is 2.91. The minimum Gasteiger partial charge on any atom is -0.492 e. The summed E-state index contributed by atoms with van der Waals surface area (Å²) in [6.07, 6.45) is 0.680. The van der Waals surface area contributed by atoms with Crippen LogP contribution < -0.4 is 15.2 Å². The van der Waals surface area contributed by atoms with Gasteiger partial charge in [0.2, 0.25) is 10.0 Å². The average Bonchev–Trinajstić information content (AvgIpc) is 2.36. The highest BCUT2D eigenvalue weighted by Gasteiger charge is 2.18. The van der Waals surface area contributed by atoms with E-state index in [-0.39, 0.29) is 10.6 Å². The lowest BCUT2D eigenvalue weighted by molar-refractivity contribution is 0.171. The predicted molar refractivity (Wildman–Crippen MR) is 69.1 cm³/mol. The lowest BCUT2D eigenvalue weighted by Gasteiger charge is -2.12. The molecule has 18 heavy (non-hydrogen) atoms. The number of methoxy groups -OCH3 is 1. The Labute approximate surface area is 107 Å². The third-order valence-corrected chi connectivity index (χ3v) is 3.71. The number of ether oxygens (including phenoxy) is 2. The molecule has 0 atom stereocenters. The molecular formula is C11H18N2O4S. The van der Waals surface area contributed by atoms with Crippen molar-refractivity contribution in [1.29, 1.82) is 0 Å². The molecule has 7 heteroatoms. The van der Waals surface area contributed by atoms with Gasteiger partial charge in [-0.3, -0.25) is 0 Å². The van der Waals surface area contributed by atoms with Crippen LogP contribution in [-0.2, 0) is 14.8 Å². The fourth-order valence-corrected chi connectivity index (χ4v) is 2.25. The molecular weight excluding hydrogens is 256 g/mol. The van der Waals surface area contributed by atoms with E-state index in [4.69, 9.17) is 15.2 Å². The number of hydrogen-bond acceptors (Lipinski definition) is 5. The summed E-state index contributed by atoms with van der Waals surface area (Å²) in [7, 11) is -0.642. The summed E-state index contributed by atoms with van der Waals surface area (Å²) in [5.74, 6) is 0.287. The van der Waals surface area contributed by atoms with E-state index in [0.29, 0.717) is 25.3 Å². The van der Waals surface area contributed by atoms with Gasteiger partial charge in [0.05, 0.1) is 6.61 Å². The highest BCUT2D eigenvalue weighted by Crippen LogP contribution is 2.26. The Bertz CT molecular complexity index is 488. The number of anilines is 1. The number of sulfonamides is 1. The summed E-state index contributed by atoms with van der Waals surface area (Å²) < 4.78 is 36.1. The largest absolute Gasteiger partial charge is 0.492 e. The number of benzene rings is 1. The van der Waals surface area contributed by atoms with Crippen molar-refractivity contribution in [2.75, 3.05) is 33.1 Å². The zero-order valence-electron chi connectivity index (χ0n) is 10.5. The van der Waals surface area contributed by atoms with Crippen LogP contribution in [0.4, 0.5) is 5.69 Å². The summed E-state index contributed by atoms with van der Waals surface area (Å²) in [6, 6.07) is 4.52. The average molecular weight is 274 g/mol. The van der Waals surface area contributed by atoms with E-state index < -0.39 is 10.0 Å². The molecule has 1 aromatic rings. The Kier molecular flexibility index (Phi) is 5.39. The maximum Gasteiger partial charge on any atom is 0.244 e. The number of rotatable bonds is 7. The SMILES string of the molecule is CNS(=O)(=O)c1cc(N)ccc1OCCCOC. The van der Waals surface area contributed by atoms with E-state index in [9.17, 15) is 8.42 Å². The summed E-state index contributed by atoms with van der Waals surface area (Å²) >= 11 is 0. The first kappa shape index (κ1) is 14.7. The molecule has 0 spiro atoms. The van der Waals surface area contributed by atoms with Gasteiger partial charge >= 0.3 is 0 Å². The number of nitrogen functional groups attached to an aromatic ring is 1. The standard InChI is InChI=1S/C11H18N2O4S/c1-13-18(14,15)11-8-9(12)4-5-10(11)17-7-3-6-16-2/h4-5,8,13H,3,6-7,12H2,1-2H3. The van der Waals surface area contributed by atoms with Gasteiger partial charge in [0, 0.05) is 25.8 Å². The van der Waals surface area contributed by atoms with Crippen LogP contribution in [0.2, 0.25) is 0 Å². The van der Waals surface area contributed by atoms with Crippen molar-refractivity contribution in [2.24, 2.45) is 0 Å². The molecule has 0 amide bonds. The molecule has 0 radical (unpaired) electrons. The third kappa shape index (κ3) is 3.86. The quantitative estimate of drug-likeness (QED) is 0.561. The minimum atomic E-state index is -3.58. The van der Waals surface area contributed by atoms with E-state index in [1.54, 1.807) is 19.2 Å². The van der Waals surface area contributed by atoms with Crippen molar-refractivity contribution in [2.45, 2.75) is 11.3 Å². The second-order valence-electron chi connectivity index (χ2n) is 3.61. The lowest BCUT2D eigenvalue weighted by Crippen LogP contribution is -2.20. The fraction of sp³-hybridized carbons (Fsp3) is 0.455. The maximum absolute atomic E-state index is 11.8. The molecule has 3 N–H and O–H groups in total. The zero-order valence-corrected chi connectivity index (χ0v) is 11.3. The highest BCUT2D eigenvalue weighted by atomic mass is 32.2. The van der Waals surface area contributed by atoms with Crippen molar-refractivity contribution in [1.82, 2.24) is 4.72 Å². The van der Waals surface area contributed by atoms with Crippen molar-refractivity contribution < 1.29 is 17.9 Å². The van der Waals surface area contributed by atoms with Crippen LogP contribution in [0, 0.1) is 0 Å². The molecule has 0 aliphatic heterocycles. The molecule has 1 aromatic carbocycles. The third-order valence-electron chi connectivity index (χ3n) is 2.28. The summed E-state index contributed by atoms with van der Waals surface area (Å²) in [4.78, 5) is 0.0439. The van der Waals surface area contributed by atoms with Crippen LogP contribution in [-0.4, -0.2) is 35.8 Å². The van der Waals surface area contributed by atoms with Crippen LogP contribution in [0.5, 0.6) is 5.75 Å². The molecule has 0 fully saturated rings. The van der Waals surface area contributed by atoms with Gasteiger partial charge in [-0.25, -0.2) is 13.1 Å². The normalized spacial score (nSPS) is 11.4. The first-order valence-corrected chi connectivity index (χ1v) is 6.94. The Morgan fingerprint density at radius 3 is 2.67 bits per heavy atom. The van der Waals surface area contributed by atoms with Gasteiger partial charge in [-0.2, -0.15) is 0 Å². The molecule has 102 valence electrons. The molecule has 1 rings (SSSR count). The van der Waals surface area contributed by atoms with Crippen LogP contribution in [0.25, 0.3) is 0 Å². The topological polar surface area (TPSA) is 90.7 Å². The fourth-order valence-electron chi connectivity index (χ4n) is 1.35. The van der Waals surface area contributed by atoms with Gasteiger partial charge in [-0.15, -0.1) is 0 Å². The van der Waals surface area contributed by atoms with Gasteiger partial charge in [0.15, 0.2) is 0 Å². The number of hydrogen-bond donors (Lipinski definition) is 2.